The molecule has 1 aromatic carbocycles. The molecule has 0 aliphatic rings. The summed E-state index contributed by atoms with van der Waals surface area (Å²) in [6, 6.07) is 2.62. The lowest BCUT2D eigenvalue weighted by atomic mass is 9.87. The molecule has 0 bridgehead atoms. The Kier molecular flexibility index (Phi) is 8.13. The van der Waals surface area contributed by atoms with Crippen LogP contribution < -0.4 is 4.74 Å². The third-order valence-electron chi connectivity index (χ3n) is 4.12. The maximum absolute atomic E-state index is 13.7. The molecule has 8 heteroatoms. The summed E-state index contributed by atoms with van der Waals surface area (Å²) < 4.78 is 51.2. The summed E-state index contributed by atoms with van der Waals surface area (Å²) in [5, 5.41) is 10.5. The highest BCUT2D eigenvalue weighted by atomic mass is 19.4. The molecule has 1 rings (SSSR count). The molecule has 1 aromatic rings. The van der Waals surface area contributed by atoms with E-state index in [1.807, 2.05) is 18.9 Å². The summed E-state index contributed by atoms with van der Waals surface area (Å²) in [4.78, 5) is 6.08. The van der Waals surface area contributed by atoms with E-state index in [9.17, 15) is 18.3 Å². The lowest BCUT2D eigenvalue weighted by molar-refractivity contribution is -0.272. The second kappa shape index (κ2) is 9.62. The third kappa shape index (κ3) is 5.62. The van der Waals surface area contributed by atoms with Gasteiger partial charge in [0.25, 0.3) is 0 Å². The van der Waals surface area contributed by atoms with Gasteiger partial charge in [-0.25, -0.2) is 4.99 Å². The van der Waals surface area contributed by atoms with Crippen molar-refractivity contribution in [1.29, 1.82) is 0 Å². The second-order valence-electron chi connectivity index (χ2n) is 6.02. The first-order chi connectivity index (χ1) is 12.6. The van der Waals surface area contributed by atoms with Gasteiger partial charge in [0.2, 0.25) is 0 Å². The molecule has 1 atom stereocenters. The zero-order valence-electron chi connectivity index (χ0n) is 15.9. The highest BCUT2D eigenvalue weighted by Crippen LogP contribution is 2.46. The van der Waals surface area contributed by atoms with Crippen molar-refractivity contribution in [1.82, 2.24) is 4.90 Å². The topological polar surface area (TPSA) is 54.3 Å². The van der Waals surface area contributed by atoms with Crippen LogP contribution in [0.25, 0.3) is 0 Å². The van der Waals surface area contributed by atoms with Crippen LogP contribution in [0.2, 0.25) is 0 Å². The van der Waals surface area contributed by atoms with Crippen LogP contribution in [0.1, 0.15) is 24.5 Å². The van der Waals surface area contributed by atoms with Gasteiger partial charge in [0.05, 0.1) is 25.7 Å². The van der Waals surface area contributed by atoms with Crippen molar-refractivity contribution in [2.24, 2.45) is 4.99 Å². The molecule has 0 heterocycles. The van der Waals surface area contributed by atoms with Crippen LogP contribution in [0.4, 0.5) is 18.9 Å². The SMILES string of the molecule is C#CCOCCC(O)(c1cc(C)c(N=CN(C)CC)cc1OC)C(F)(F)F. The summed E-state index contributed by atoms with van der Waals surface area (Å²) >= 11 is 0. The Bertz CT molecular complexity index is 699. The van der Waals surface area contributed by atoms with Gasteiger partial charge in [0, 0.05) is 31.6 Å². The zero-order chi connectivity index (χ0) is 20.7. The highest BCUT2D eigenvalue weighted by Gasteiger charge is 2.56. The van der Waals surface area contributed by atoms with Crippen molar-refractivity contribution < 1.29 is 27.8 Å². The molecule has 0 aliphatic carbocycles. The van der Waals surface area contributed by atoms with Gasteiger partial charge in [-0.2, -0.15) is 13.2 Å². The maximum atomic E-state index is 13.7. The van der Waals surface area contributed by atoms with Gasteiger partial charge in [-0.15, -0.1) is 6.42 Å². The fourth-order valence-corrected chi connectivity index (χ4v) is 2.33. The molecular weight excluding hydrogens is 361 g/mol. The largest absolute Gasteiger partial charge is 0.496 e. The standard InChI is InChI=1S/C19H25F3N2O3/c1-6-9-27-10-8-18(25,19(20,21)22)15-11-14(3)16(12-17(15)26-5)23-13-24(4)7-2/h1,11-13,25H,7-10H2,2-5H3. The molecule has 0 fully saturated rings. The molecule has 0 radical (unpaired) electrons. The Morgan fingerprint density at radius 1 is 1.37 bits per heavy atom. The van der Waals surface area contributed by atoms with Gasteiger partial charge in [-0.05, 0) is 25.5 Å². The van der Waals surface area contributed by atoms with Crippen molar-refractivity contribution in [2.75, 3.05) is 33.9 Å². The Morgan fingerprint density at radius 2 is 2.04 bits per heavy atom. The average molecular weight is 386 g/mol. The molecule has 0 aromatic heterocycles. The lowest BCUT2D eigenvalue weighted by Crippen LogP contribution is -2.43. The predicted octanol–water partition coefficient (Wildman–Crippen LogP) is 3.40. The number of benzene rings is 1. The smallest absolute Gasteiger partial charge is 0.421 e. The number of methoxy groups -OCH3 is 1. The van der Waals surface area contributed by atoms with Crippen LogP contribution in [0.15, 0.2) is 17.1 Å². The van der Waals surface area contributed by atoms with Gasteiger partial charge >= 0.3 is 6.18 Å². The van der Waals surface area contributed by atoms with E-state index in [2.05, 4.69) is 10.9 Å². The van der Waals surface area contributed by atoms with Crippen molar-refractivity contribution in [3.05, 3.63) is 23.3 Å². The van der Waals surface area contributed by atoms with E-state index in [0.29, 0.717) is 11.3 Å². The molecular formula is C19H25F3N2O3. The number of alkyl halides is 3. The molecule has 0 saturated carbocycles. The monoisotopic (exact) mass is 386 g/mol. The number of hydrogen-bond acceptors (Lipinski definition) is 4. The van der Waals surface area contributed by atoms with Gasteiger partial charge < -0.3 is 19.5 Å². The molecule has 0 amide bonds. The van der Waals surface area contributed by atoms with E-state index in [1.165, 1.54) is 19.2 Å². The summed E-state index contributed by atoms with van der Waals surface area (Å²) in [5.74, 6) is 2.06. The molecule has 5 nitrogen and oxygen atoms in total. The van der Waals surface area contributed by atoms with E-state index in [1.54, 1.807) is 13.3 Å². The van der Waals surface area contributed by atoms with Gasteiger partial charge in [-0.3, -0.25) is 0 Å². The number of aliphatic imine (C=N–C) groups is 1. The van der Waals surface area contributed by atoms with E-state index in [-0.39, 0.29) is 24.5 Å². The van der Waals surface area contributed by atoms with Gasteiger partial charge in [-0.1, -0.05) is 5.92 Å². The van der Waals surface area contributed by atoms with E-state index >= 15 is 0 Å². The molecule has 0 aliphatic heterocycles. The van der Waals surface area contributed by atoms with Crippen LogP contribution in [0.3, 0.4) is 0 Å². The van der Waals surface area contributed by atoms with Crippen LogP contribution >= 0.6 is 0 Å². The predicted molar refractivity (Wildman–Crippen MR) is 98.4 cm³/mol. The zero-order valence-corrected chi connectivity index (χ0v) is 15.9. The van der Waals surface area contributed by atoms with Crippen LogP contribution in [0.5, 0.6) is 5.75 Å². The summed E-state index contributed by atoms with van der Waals surface area (Å²) in [7, 11) is 3.06. The molecule has 27 heavy (non-hydrogen) atoms. The van der Waals surface area contributed by atoms with Crippen molar-refractivity contribution in [3.63, 3.8) is 0 Å². The van der Waals surface area contributed by atoms with Crippen LogP contribution in [0, 0.1) is 19.3 Å². The van der Waals surface area contributed by atoms with Crippen LogP contribution in [-0.4, -0.2) is 56.4 Å². The van der Waals surface area contributed by atoms with E-state index < -0.39 is 18.2 Å². The Morgan fingerprint density at radius 3 is 2.56 bits per heavy atom. The minimum absolute atomic E-state index is 0.108. The molecule has 1 N–H and O–H groups in total. The van der Waals surface area contributed by atoms with Crippen LogP contribution in [-0.2, 0) is 10.3 Å². The van der Waals surface area contributed by atoms with E-state index in [4.69, 9.17) is 15.9 Å². The number of hydrogen-bond donors (Lipinski definition) is 1. The van der Waals surface area contributed by atoms with Crippen molar-refractivity contribution in [3.8, 4) is 18.1 Å². The number of aryl methyl sites for hydroxylation is 1. The summed E-state index contributed by atoms with van der Waals surface area (Å²) in [6.07, 6.45) is 0.951. The Labute approximate surface area is 157 Å². The minimum Gasteiger partial charge on any atom is -0.496 e. The second-order valence-corrected chi connectivity index (χ2v) is 6.02. The minimum atomic E-state index is -4.93. The highest BCUT2D eigenvalue weighted by molar-refractivity contribution is 5.65. The number of aliphatic hydroxyl groups is 1. The number of ether oxygens (including phenoxy) is 2. The molecule has 1 unspecified atom stereocenters. The summed E-state index contributed by atoms with van der Waals surface area (Å²) in [5.41, 5.74) is -2.61. The van der Waals surface area contributed by atoms with Gasteiger partial charge in [0.15, 0.2) is 5.60 Å². The Hall–Kier alpha value is -2.24. The number of halogens is 3. The maximum Gasteiger partial charge on any atom is 0.421 e. The normalized spacial score (nSPS) is 14.0. The van der Waals surface area contributed by atoms with Gasteiger partial charge in [0.1, 0.15) is 12.4 Å². The molecule has 0 spiro atoms. The number of rotatable bonds is 9. The van der Waals surface area contributed by atoms with Crippen molar-refractivity contribution >= 4 is 12.0 Å². The fourth-order valence-electron chi connectivity index (χ4n) is 2.33. The molecule has 150 valence electrons. The van der Waals surface area contributed by atoms with E-state index in [0.717, 1.165) is 6.54 Å². The average Bonchev–Trinajstić information content (AvgIpc) is 2.62. The number of nitrogens with zero attached hydrogens (tertiary/aromatic N) is 2. The first-order valence-corrected chi connectivity index (χ1v) is 8.34. The molecule has 0 saturated heterocycles. The lowest BCUT2D eigenvalue weighted by Gasteiger charge is -2.32. The Balaban J connectivity index is 3.35. The quantitative estimate of drug-likeness (QED) is 0.306. The fraction of sp³-hybridized carbons (Fsp3) is 0.526. The first-order valence-electron chi connectivity index (χ1n) is 8.34. The third-order valence-corrected chi connectivity index (χ3v) is 4.12. The van der Waals surface area contributed by atoms with Crippen molar-refractivity contribution in [2.45, 2.75) is 32.0 Å². The summed E-state index contributed by atoms with van der Waals surface area (Å²) in [6.45, 7) is 3.79. The number of terminal acetylenes is 1. The first kappa shape index (κ1) is 22.8.